The van der Waals surface area contributed by atoms with Gasteiger partial charge in [0.05, 0.1) is 0 Å². The summed E-state index contributed by atoms with van der Waals surface area (Å²) >= 11 is 3.42. The molecule has 1 N–H and O–H groups in total. The normalized spacial score (nSPS) is 13.1. The van der Waals surface area contributed by atoms with Crippen LogP contribution in [0, 0.1) is 11.7 Å². The SMILES string of the molecule is CNC(CCC(C)C)c1ccc(F)cc1Br. The highest BCUT2D eigenvalue weighted by Gasteiger charge is 2.13. The molecule has 0 aliphatic heterocycles. The minimum atomic E-state index is -0.200. The third-order valence-electron chi connectivity index (χ3n) is 2.72. The Labute approximate surface area is 106 Å². The molecule has 1 aromatic carbocycles. The van der Waals surface area contributed by atoms with Crippen molar-refractivity contribution in [2.75, 3.05) is 7.05 Å². The number of halogens is 2. The summed E-state index contributed by atoms with van der Waals surface area (Å²) in [6, 6.07) is 5.17. The molecule has 0 spiro atoms. The molecular formula is C13H19BrFN. The lowest BCUT2D eigenvalue weighted by Crippen LogP contribution is -2.17. The van der Waals surface area contributed by atoms with Gasteiger partial charge in [-0.15, -0.1) is 0 Å². The van der Waals surface area contributed by atoms with E-state index in [1.165, 1.54) is 12.1 Å². The van der Waals surface area contributed by atoms with Crippen LogP contribution in [0.2, 0.25) is 0 Å². The van der Waals surface area contributed by atoms with Crippen LogP contribution < -0.4 is 5.32 Å². The molecule has 1 atom stereocenters. The summed E-state index contributed by atoms with van der Waals surface area (Å²) < 4.78 is 13.8. The van der Waals surface area contributed by atoms with Crippen molar-refractivity contribution in [3.05, 3.63) is 34.1 Å². The first kappa shape index (κ1) is 13.7. The van der Waals surface area contributed by atoms with E-state index >= 15 is 0 Å². The quantitative estimate of drug-likeness (QED) is 0.852. The van der Waals surface area contributed by atoms with E-state index < -0.39 is 0 Å². The van der Waals surface area contributed by atoms with Crippen LogP contribution in [0.5, 0.6) is 0 Å². The van der Waals surface area contributed by atoms with Crippen LogP contribution in [0.15, 0.2) is 22.7 Å². The first-order valence-electron chi connectivity index (χ1n) is 5.66. The molecule has 0 saturated heterocycles. The van der Waals surface area contributed by atoms with Crippen molar-refractivity contribution in [2.45, 2.75) is 32.7 Å². The van der Waals surface area contributed by atoms with Gasteiger partial charge in [0.15, 0.2) is 0 Å². The van der Waals surface area contributed by atoms with Gasteiger partial charge in [0.2, 0.25) is 0 Å². The van der Waals surface area contributed by atoms with Crippen molar-refractivity contribution in [1.29, 1.82) is 0 Å². The third kappa shape index (κ3) is 3.87. The maximum atomic E-state index is 13.0. The van der Waals surface area contributed by atoms with Crippen LogP contribution in [0.3, 0.4) is 0 Å². The van der Waals surface area contributed by atoms with Gasteiger partial charge in [-0.25, -0.2) is 4.39 Å². The van der Waals surface area contributed by atoms with Gasteiger partial charge in [-0.3, -0.25) is 0 Å². The van der Waals surface area contributed by atoms with Crippen LogP contribution in [-0.4, -0.2) is 7.05 Å². The fourth-order valence-electron chi connectivity index (χ4n) is 1.74. The zero-order chi connectivity index (χ0) is 12.1. The highest BCUT2D eigenvalue weighted by molar-refractivity contribution is 9.10. The third-order valence-corrected chi connectivity index (χ3v) is 3.41. The second kappa shape index (κ2) is 6.36. The van der Waals surface area contributed by atoms with Crippen molar-refractivity contribution in [1.82, 2.24) is 5.32 Å². The molecule has 1 aromatic rings. The summed E-state index contributed by atoms with van der Waals surface area (Å²) in [4.78, 5) is 0. The van der Waals surface area contributed by atoms with E-state index in [0.717, 1.165) is 22.9 Å². The number of hydrogen-bond donors (Lipinski definition) is 1. The summed E-state index contributed by atoms with van der Waals surface area (Å²) in [5.74, 6) is 0.490. The molecule has 0 radical (unpaired) electrons. The lowest BCUT2D eigenvalue weighted by atomic mass is 9.98. The second-order valence-electron chi connectivity index (χ2n) is 4.48. The van der Waals surface area contributed by atoms with Crippen molar-refractivity contribution in [3.8, 4) is 0 Å². The highest BCUT2D eigenvalue weighted by atomic mass is 79.9. The van der Waals surface area contributed by atoms with E-state index in [1.807, 2.05) is 13.1 Å². The fraction of sp³-hybridized carbons (Fsp3) is 0.538. The van der Waals surface area contributed by atoms with Gasteiger partial charge in [-0.1, -0.05) is 35.8 Å². The minimum absolute atomic E-state index is 0.200. The monoisotopic (exact) mass is 287 g/mol. The number of rotatable bonds is 5. The number of hydrogen-bond acceptors (Lipinski definition) is 1. The van der Waals surface area contributed by atoms with Crippen molar-refractivity contribution in [3.63, 3.8) is 0 Å². The summed E-state index contributed by atoms with van der Waals surface area (Å²) in [6.07, 6.45) is 2.23. The molecular weight excluding hydrogens is 269 g/mol. The summed E-state index contributed by atoms with van der Waals surface area (Å²) in [5, 5.41) is 3.28. The van der Waals surface area contributed by atoms with E-state index in [0.29, 0.717) is 5.92 Å². The first-order chi connectivity index (χ1) is 7.54. The molecule has 0 heterocycles. The van der Waals surface area contributed by atoms with E-state index in [9.17, 15) is 4.39 Å². The topological polar surface area (TPSA) is 12.0 Å². The van der Waals surface area contributed by atoms with Gasteiger partial charge in [0.25, 0.3) is 0 Å². The van der Waals surface area contributed by atoms with Crippen molar-refractivity contribution in [2.24, 2.45) is 5.92 Å². The van der Waals surface area contributed by atoms with Crippen molar-refractivity contribution >= 4 is 15.9 Å². The van der Waals surface area contributed by atoms with Gasteiger partial charge in [0.1, 0.15) is 5.82 Å². The molecule has 3 heteroatoms. The maximum absolute atomic E-state index is 13.0. The molecule has 0 aromatic heterocycles. The zero-order valence-electron chi connectivity index (χ0n) is 10.1. The smallest absolute Gasteiger partial charge is 0.124 e. The predicted octanol–water partition coefficient (Wildman–Crippen LogP) is 4.28. The Hall–Kier alpha value is -0.410. The number of nitrogens with one attached hydrogen (secondary N) is 1. The van der Waals surface area contributed by atoms with Gasteiger partial charge in [-0.2, -0.15) is 0 Å². The summed E-state index contributed by atoms with van der Waals surface area (Å²) in [5.41, 5.74) is 1.13. The Morgan fingerprint density at radius 2 is 2.00 bits per heavy atom. The van der Waals surface area contributed by atoms with Crippen molar-refractivity contribution < 1.29 is 4.39 Å². The number of benzene rings is 1. The van der Waals surface area contributed by atoms with Crippen LogP contribution in [0.4, 0.5) is 4.39 Å². The average Bonchev–Trinajstić information content (AvgIpc) is 2.21. The minimum Gasteiger partial charge on any atom is -0.313 e. The fourth-order valence-corrected chi connectivity index (χ4v) is 2.37. The molecule has 90 valence electrons. The molecule has 16 heavy (non-hydrogen) atoms. The molecule has 1 unspecified atom stereocenters. The van der Waals surface area contributed by atoms with Crippen LogP contribution >= 0.6 is 15.9 Å². The summed E-state index contributed by atoms with van der Waals surface area (Å²) in [6.45, 7) is 4.43. The van der Waals surface area contributed by atoms with E-state index in [1.54, 1.807) is 0 Å². The Bertz CT molecular complexity index is 339. The molecule has 0 saturated carbocycles. The molecule has 0 aliphatic rings. The molecule has 0 fully saturated rings. The van der Waals surface area contributed by atoms with E-state index in [4.69, 9.17) is 0 Å². The molecule has 1 rings (SSSR count). The van der Waals surface area contributed by atoms with E-state index in [2.05, 4.69) is 35.1 Å². The Morgan fingerprint density at radius 3 is 2.50 bits per heavy atom. The van der Waals surface area contributed by atoms with Gasteiger partial charge in [-0.05, 0) is 43.5 Å². The van der Waals surface area contributed by atoms with Crippen LogP contribution in [0.25, 0.3) is 0 Å². The van der Waals surface area contributed by atoms with Crippen LogP contribution in [0.1, 0.15) is 38.3 Å². The van der Waals surface area contributed by atoms with Crippen LogP contribution in [-0.2, 0) is 0 Å². The Kier molecular flexibility index (Phi) is 5.42. The van der Waals surface area contributed by atoms with Gasteiger partial charge in [0, 0.05) is 10.5 Å². The molecule has 0 aliphatic carbocycles. The zero-order valence-corrected chi connectivity index (χ0v) is 11.6. The van der Waals surface area contributed by atoms with Gasteiger partial charge >= 0.3 is 0 Å². The largest absolute Gasteiger partial charge is 0.313 e. The highest BCUT2D eigenvalue weighted by Crippen LogP contribution is 2.28. The molecule has 0 bridgehead atoms. The first-order valence-corrected chi connectivity index (χ1v) is 6.46. The Morgan fingerprint density at radius 1 is 1.31 bits per heavy atom. The Balaban J connectivity index is 2.78. The standard InChI is InChI=1S/C13H19BrFN/c1-9(2)4-7-13(16-3)11-6-5-10(15)8-12(11)14/h5-6,8-9,13,16H,4,7H2,1-3H3. The summed E-state index contributed by atoms with van der Waals surface area (Å²) in [7, 11) is 1.95. The predicted molar refractivity (Wildman–Crippen MR) is 70.0 cm³/mol. The second-order valence-corrected chi connectivity index (χ2v) is 5.33. The van der Waals surface area contributed by atoms with Gasteiger partial charge < -0.3 is 5.32 Å². The molecule has 1 nitrogen and oxygen atoms in total. The average molecular weight is 288 g/mol. The lowest BCUT2D eigenvalue weighted by molar-refractivity contribution is 0.463. The maximum Gasteiger partial charge on any atom is 0.124 e. The molecule has 0 amide bonds. The lowest BCUT2D eigenvalue weighted by Gasteiger charge is -2.19. The van der Waals surface area contributed by atoms with E-state index in [-0.39, 0.29) is 11.9 Å².